The molecule has 7 nitrogen and oxygen atoms in total. The number of fused-ring (bicyclic) bond motifs is 3. The number of carboxylic acids is 1. The van der Waals surface area contributed by atoms with Gasteiger partial charge in [0.25, 0.3) is 5.92 Å². The number of hydrogen-bond donors (Lipinski definition) is 2. The molecule has 1 unspecified atom stereocenters. The predicted octanol–water partition coefficient (Wildman–Crippen LogP) is 4.40. The van der Waals surface area contributed by atoms with Crippen molar-refractivity contribution < 1.29 is 33.0 Å². The third kappa shape index (κ3) is 4.72. The quantitative estimate of drug-likeness (QED) is 0.605. The number of nitrogens with zero attached hydrogens (tertiary/aromatic N) is 1. The summed E-state index contributed by atoms with van der Waals surface area (Å²) in [7, 11) is 0. The Morgan fingerprint density at radius 1 is 1.11 bits per heavy atom. The maximum atomic E-state index is 14.0. The normalized spacial score (nSPS) is 20.0. The first kappa shape index (κ1) is 24.6. The highest BCUT2D eigenvalue weighted by Crippen LogP contribution is 2.44. The molecule has 0 spiro atoms. The van der Waals surface area contributed by atoms with Crippen LogP contribution >= 0.6 is 0 Å². The van der Waals surface area contributed by atoms with Gasteiger partial charge in [-0.05, 0) is 35.6 Å². The number of amides is 2. The van der Waals surface area contributed by atoms with Gasteiger partial charge in [-0.2, -0.15) is 0 Å². The molecule has 0 bridgehead atoms. The number of carbonyl (C=O) groups excluding carboxylic acids is 2. The van der Waals surface area contributed by atoms with E-state index in [1.165, 1.54) is 6.92 Å². The van der Waals surface area contributed by atoms with E-state index in [1.807, 2.05) is 48.5 Å². The first-order valence-electron chi connectivity index (χ1n) is 11.6. The third-order valence-corrected chi connectivity index (χ3v) is 6.76. The van der Waals surface area contributed by atoms with Crippen LogP contribution in [0, 0.1) is 0 Å². The highest BCUT2D eigenvalue weighted by molar-refractivity contribution is 5.93. The Hall–Kier alpha value is -3.49. The fourth-order valence-corrected chi connectivity index (χ4v) is 5.15. The zero-order valence-electron chi connectivity index (χ0n) is 19.6. The fraction of sp³-hybridized carbons (Fsp3) is 0.423. The van der Waals surface area contributed by atoms with Gasteiger partial charge in [-0.25, -0.2) is 18.4 Å². The van der Waals surface area contributed by atoms with E-state index in [1.54, 1.807) is 6.92 Å². The number of rotatable bonds is 7. The molecule has 9 heteroatoms. The van der Waals surface area contributed by atoms with Gasteiger partial charge in [0, 0.05) is 12.3 Å². The van der Waals surface area contributed by atoms with Crippen molar-refractivity contribution in [2.24, 2.45) is 0 Å². The SMILES string of the molecule is CCCC(C)(NC(=O)OCC1c2ccccc2-c2ccccc21)C(=O)N1CC(F)(F)C[C@H]1C(=O)O. The van der Waals surface area contributed by atoms with Crippen molar-refractivity contribution in [3.63, 3.8) is 0 Å². The maximum absolute atomic E-state index is 14.0. The van der Waals surface area contributed by atoms with E-state index < -0.39 is 48.4 Å². The molecule has 1 heterocycles. The highest BCUT2D eigenvalue weighted by atomic mass is 19.3. The smallest absolute Gasteiger partial charge is 0.408 e. The van der Waals surface area contributed by atoms with Gasteiger partial charge in [0.15, 0.2) is 0 Å². The molecular formula is C26H28F2N2O5. The summed E-state index contributed by atoms with van der Waals surface area (Å²) < 4.78 is 33.5. The van der Waals surface area contributed by atoms with E-state index in [4.69, 9.17) is 4.74 Å². The van der Waals surface area contributed by atoms with Crippen molar-refractivity contribution in [2.45, 2.75) is 56.5 Å². The van der Waals surface area contributed by atoms with Crippen LogP contribution in [0.4, 0.5) is 13.6 Å². The number of alkyl carbamates (subject to hydrolysis) is 1. The minimum absolute atomic E-state index is 0.0236. The van der Waals surface area contributed by atoms with Crippen molar-refractivity contribution in [2.75, 3.05) is 13.2 Å². The Kier molecular flexibility index (Phi) is 6.53. The third-order valence-electron chi connectivity index (χ3n) is 6.76. The van der Waals surface area contributed by atoms with Crippen molar-refractivity contribution >= 4 is 18.0 Å². The molecule has 4 rings (SSSR count). The van der Waals surface area contributed by atoms with Gasteiger partial charge in [0.1, 0.15) is 18.2 Å². The van der Waals surface area contributed by atoms with E-state index in [-0.39, 0.29) is 18.9 Å². The Morgan fingerprint density at radius 2 is 1.69 bits per heavy atom. The zero-order chi connectivity index (χ0) is 25.4. The van der Waals surface area contributed by atoms with Crippen LogP contribution < -0.4 is 5.32 Å². The number of likely N-dealkylation sites (tertiary alicyclic amines) is 1. The molecule has 1 fully saturated rings. The van der Waals surface area contributed by atoms with Gasteiger partial charge >= 0.3 is 12.1 Å². The van der Waals surface area contributed by atoms with Gasteiger partial charge in [0.2, 0.25) is 5.91 Å². The van der Waals surface area contributed by atoms with Crippen LogP contribution in [0.1, 0.15) is 50.2 Å². The monoisotopic (exact) mass is 486 g/mol. The topological polar surface area (TPSA) is 95.9 Å². The van der Waals surface area contributed by atoms with E-state index in [0.717, 1.165) is 22.3 Å². The largest absolute Gasteiger partial charge is 0.480 e. The number of ether oxygens (including phenoxy) is 1. The lowest BCUT2D eigenvalue weighted by atomic mass is 9.94. The second-order valence-corrected chi connectivity index (χ2v) is 9.38. The molecule has 1 saturated heterocycles. The van der Waals surface area contributed by atoms with Crippen molar-refractivity contribution in [3.05, 3.63) is 59.7 Å². The average molecular weight is 487 g/mol. The highest BCUT2D eigenvalue weighted by Gasteiger charge is 2.53. The van der Waals surface area contributed by atoms with E-state index in [2.05, 4.69) is 5.32 Å². The van der Waals surface area contributed by atoms with Gasteiger partial charge in [0.05, 0.1) is 6.54 Å². The summed E-state index contributed by atoms with van der Waals surface area (Å²) in [6, 6.07) is 14.0. The van der Waals surface area contributed by atoms with Crippen molar-refractivity contribution in [1.82, 2.24) is 10.2 Å². The fourth-order valence-electron chi connectivity index (χ4n) is 5.15. The molecule has 2 aromatic rings. The lowest BCUT2D eigenvalue weighted by molar-refractivity contribution is -0.151. The van der Waals surface area contributed by atoms with Crippen LogP contribution in [-0.2, 0) is 14.3 Å². The molecule has 1 aliphatic heterocycles. The molecule has 2 aromatic carbocycles. The molecule has 2 atom stereocenters. The number of hydrogen-bond acceptors (Lipinski definition) is 4. The van der Waals surface area contributed by atoms with Crippen LogP contribution in [0.25, 0.3) is 11.1 Å². The Morgan fingerprint density at radius 3 is 2.23 bits per heavy atom. The molecule has 1 aliphatic carbocycles. The second-order valence-electron chi connectivity index (χ2n) is 9.38. The average Bonchev–Trinajstić information content (AvgIpc) is 3.31. The molecule has 0 saturated carbocycles. The lowest BCUT2D eigenvalue weighted by Gasteiger charge is -2.34. The summed E-state index contributed by atoms with van der Waals surface area (Å²) >= 11 is 0. The van der Waals surface area contributed by atoms with Gasteiger partial charge < -0.3 is 20.1 Å². The summed E-state index contributed by atoms with van der Waals surface area (Å²) in [6.07, 6.45) is -1.24. The predicted molar refractivity (Wildman–Crippen MR) is 124 cm³/mol. The molecular weight excluding hydrogens is 458 g/mol. The van der Waals surface area contributed by atoms with Crippen LogP contribution in [0.2, 0.25) is 0 Å². The van der Waals surface area contributed by atoms with Crippen LogP contribution in [0.5, 0.6) is 0 Å². The number of nitrogens with one attached hydrogen (secondary N) is 1. The van der Waals surface area contributed by atoms with Gasteiger partial charge in [-0.15, -0.1) is 0 Å². The Labute approximate surface area is 202 Å². The minimum Gasteiger partial charge on any atom is -0.480 e. The summed E-state index contributed by atoms with van der Waals surface area (Å²) in [6.45, 7) is 2.21. The zero-order valence-corrected chi connectivity index (χ0v) is 19.6. The van der Waals surface area contributed by atoms with Crippen LogP contribution in [0.15, 0.2) is 48.5 Å². The minimum atomic E-state index is -3.31. The standard InChI is InChI=1S/C26H28F2N2O5/c1-3-12-25(2,23(33)30-15-26(27,28)13-21(30)22(31)32)29-24(34)35-14-20-18-10-6-4-8-16(18)17-9-5-7-11-19(17)20/h4-11,20-21H,3,12-15H2,1-2H3,(H,29,34)(H,31,32)/t21-,25?/m0/s1. The molecule has 2 N–H and O–H groups in total. The lowest BCUT2D eigenvalue weighted by Crippen LogP contribution is -2.59. The molecule has 35 heavy (non-hydrogen) atoms. The summed E-state index contributed by atoms with van der Waals surface area (Å²) in [4.78, 5) is 38.2. The van der Waals surface area contributed by atoms with Gasteiger partial charge in [-0.3, -0.25) is 4.79 Å². The number of carboxylic acid groups (broad SMARTS) is 1. The van der Waals surface area contributed by atoms with Crippen molar-refractivity contribution in [3.8, 4) is 11.1 Å². The molecule has 186 valence electrons. The Bertz CT molecular complexity index is 1110. The maximum Gasteiger partial charge on any atom is 0.408 e. The molecule has 0 aromatic heterocycles. The number of aliphatic carboxylic acids is 1. The number of alkyl halides is 2. The van der Waals surface area contributed by atoms with Crippen LogP contribution in [0.3, 0.4) is 0 Å². The summed E-state index contributed by atoms with van der Waals surface area (Å²) in [5.41, 5.74) is 2.59. The Balaban J connectivity index is 1.49. The number of halogens is 2. The first-order valence-corrected chi connectivity index (χ1v) is 11.6. The summed E-state index contributed by atoms with van der Waals surface area (Å²) in [5, 5.41) is 11.9. The molecule has 2 aliphatic rings. The first-order chi connectivity index (χ1) is 16.6. The number of carbonyl (C=O) groups is 3. The molecule has 0 radical (unpaired) electrons. The van der Waals surface area contributed by atoms with E-state index in [9.17, 15) is 28.3 Å². The summed E-state index contributed by atoms with van der Waals surface area (Å²) in [5.74, 6) is -5.86. The van der Waals surface area contributed by atoms with E-state index >= 15 is 0 Å². The van der Waals surface area contributed by atoms with E-state index in [0.29, 0.717) is 11.3 Å². The van der Waals surface area contributed by atoms with Crippen LogP contribution in [-0.4, -0.2) is 58.6 Å². The van der Waals surface area contributed by atoms with Gasteiger partial charge in [-0.1, -0.05) is 61.9 Å². The number of benzene rings is 2. The molecule has 2 amide bonds. The van der Waals surface area contributed by atoms with Crippen molar-refractivity contribution in [1.29, 1.82) is 0 Å². The second kappa shape index (κ2) is 9.28.